The molecule has 0 atom stereocenters. The van der Waals surface area contributed by atoms with Gasteiger partial charge >= 0.3 is 0 Å². The van der Waals surface area contributed by atoms with Gasteiger partial charge < -0.3 is 0 Å². The monoisotopic (exact) mass is 440 g/mol. The van der Waals surface area contributed by atoms with E-state index in [1.54, 1.807) is 29.5 Å². The fraction of sp³-hybridized carbons (Fsp3) is 0. The third kappa shape index (κ3) is 3.78. The third-order valence-corrected chi connectivity index (χ3v) is 6.23. The fourth-order valence-electron chi connectivity index (χ4n) is 2.79. The van der Waals surface area contributed by atoms with Crippen LogP contribution in [0.15, 0.2) is 66.0 Å². The predicted molar refractivity (Wildman–Crippen MR) is 118 cm³/mol. The summed E-state index contributed by atoms with van der Waals surface area (Å²) in [5.41, 5.74) is 5.24. The average Bonchev–Trinajstić information content (AvgIpc) is 3.21. The highest BCUT2D eigenvalue weighted by molar-refractivity contribution is 7.13. The molecule has 1 aromatic heterocycles. The molecule has 28 heavy (non-hydrogen) atoms. The topological polar surface area (TPSA) is 36.7 Å². The minimum Gasteiger partial charge on any atom is -0.236 e. The van der Waals surface area contributed by atoms with Gasteiger partial charge in [0.25, 0.3) is 0 Å². The first kappa shape index (κ1) is 19.0. The van der Waals surface area contributed by atoms with Crippen LogP contribution in [0.3, 0.4) is 0 Å². The maximum absolute atomic E-state index is 9.15. The molecule has 0 amide bonds. The van der Waals surface area contributed by atoms with Crippen molar-refractivity contribution in [2.45, 2.75) is 0 Å². The molecule has 136 valence electrons. The Hall–Kier alpha value is -2.35. The van der Waals surface area contributed by atoms with Gasteiger partial charge in [0, 0.05) is 16.5 Å². The molecule has 0 unspecified atom stereocenters. The van der Waals surface area contributed by atoms with Crippen molar-refractivity contribution in [1.82, 2.24) is 4.98 Å². The van der Waals surface area contributed by atoms with E-state index < -0.39 is 0 Å². The van der Waals surface area contributed by atoms with Crippen molar-refractivity contribution in [3.8, 4) is 39.0 Å². The highest BCUT2D eigenvalue weighted by Crippen LogP contribution is 2.33. The lowest BCUT2D eigenvalue weighted by atomic mass is 10.0. The zero-order valence-electron chi connectivity index (χ0n) is 14.3. The molecular weight excluding hydrogens is 431 g/mol. The number of thiazole rings is 1. The highest BCUT2D eigenvalue weighted by Gasteiger charge is 2.09. The standard InChI is InChI=1S/C22H11Cl3N2S/c23-18-7-5-15(9-17(18)11-26)13-1-3-14(4-2-13)22-27-21(12-28-22)16-6-8-19(24)20(25)10-16/h1-10,12H. The summed E-state index contributed by atoms with van der Waals surface area (Å²) in [6.45, 7) is 0. The van der Waals surface area contributed by atoms with E-state index in [4.69, 9.17) is 45.0 Å². The predicted octanol–water partition coefficient (Wildman–Crippen LogP) is 7.98. The molecule has 0 radical (unpaired) electrons. The summed E-state index contributed by atoms with van der Waals surface area (Å²) in [4.78, 5) is 4.72. The lowest BCUT2D eigenvalue weighted by molar-refractivity contribution is 1.40. The number of nitriles is 1. The number of nitrogens with zero attached hydrogens (tertiary/aromatic N) is 2. The summed E-state index contributed by atoms with van der Waals surface area (Å²) in [6.07, 6.45) is 0. The van der Waals surface area contributed by atoms with Crippen LogP contribution in [0.5, 0.6) is 0 Å². The van der Waals surface area contributed by atoms with Gasteiger partial charge in [-0.05, 0) is 35.4 Å². The molecule has 4 rings (SSSR count). The zero-order chi connectivity index (χ0) is 19.7. The number of rotatable bonds is 3. The molecule has 0 saturated carbocycles. The number of benzene rings is 3. The van der Waals surface area contributed by atoms with Crippen LogP contribution in [0.1, 0.15) is 5.56 Å². The first-order chi connectivity index (χ1) is 13.5. The van der Waals surface area contributed by atoms with E-state index in [1.165, 1.54) is 0 Å². The van der Waals surface area contributed by atoms with E-state index >= 15 is 0 Å². The van der Waals surface area contributed by atoms with Gasteiger partial charge in [0.1, 0.15) is 11.1 Å². The van der Waals surface area contributed by atoms with E-state index in [2.05, 4.69) is 6.07 Å². The number of halogens is 3. The zero-order valence-corrected chi connectivity index (χ0v) is 17.4. The summed E-state index contributed by atoms with van der Waals surface area (Å²) < 4.78 is 0. The van der Waals surface area contributed by atoms with Gasteiger partial charge in [-0.3, -0.25) is 0 Å². The molecule has 0 aliphatic rings. The molecule has 0 saturated heterocycles. The van der Waals surface area contributed by atoms with Crippen molar-refractivity contribution < 1.29 is 0 Å². The summed E-state index contributed by atoms with van der Waals surface area (Å²) in [5.74, 6) is 0. The quantitative estimate of drug-likeness (QED) is 0.323. The Morgan fingerprint density at radius 3 is 2.07 bits per heavy atom. The van der Waals surface area contributed by atoms with Gasteiger partial charge in [-0.15, -0.1) is 11.3 Å². The molecule has 3 aromatic carbocycles. The van der Waals surface area contributed by atoms with Crippen LogP contribution in [0, 0.1) is 11.3 Å². The lowest BCUT2D eigenvalue weighted by Crippen LogP contribution is -1.83. The Balaban J connectivity index is 1.62. The van der Waals surface area contributed by atoms with Crippen molar-refractivity contribution >= 4 is 46.1 Å². The van der Waals surface area contributed by atoms with E-state index in [9.17, 15) is 0 Å². The maximum Gasteiger partial charge on any atom is 0.124 e. The van der Waals surface area contributed by atoms with Crippen molar-refractivity contribution in [1.29, 1.82) is 5.26 Å². The van der Waals surface area contributed by atoms with Crippen LogP contribution in [0.25, 0.3) is 33.0 Å². The third-order valence-electron chi connectivity index (χ3n) is 4.27. The Morgan fingerprint density at radius 1 is 0.714 bits per heavy atom. The van der Waals surface area contributed by atoms with Gasteiger partial charge in [0.2, 0.25) is 0 Å². The van der Waals surface area contributed by atoms with E-state index in [0.717, 1.165) is 33.0 Å². The summed E-state index contributed by atoms with van der Waals surface area (Å²) in [6, 6.07) is 21.1. The molecular formula is C22H11Cl3N2S. The van der Waals surface area contributed by atoms with Crippen LogP contribution in [-0.2, 0) is 0 Å². The number of hydrogen-bond acceptors (Lipinski definition) is 3. The molecule has 0 bridgehead atoms. The SMILES string of the molecule is N#Cc1cc(-c2ccc(-c3nc(-c4ccc(Cl)c(Cl)c4)cs3)cc2)ccc1Cl. The van der Waals surface area contributed by atoms with Crippen LogP contribution in [0.2, 0.25) is 15.1 Å². The van der Waals surface area contributed by atoms with Gasteiger partial charge in [-0.2, -0.15) is 5.26 Å². The van der Waals surface area contributed by atoms with E-state index in [0.29, 0.717) is 20.6 Å². The summed E-state index contributed by atoms with van der Waals surface area (Å²) >= 11 is 19.7. The molecule has 0 spiro atoms. The number of hydrogen-bond donors (Lipinski definition) is 0. The Morgan fingerprint density at radius 2 is 1.36 bits per heavy atom. The summed E-state index contributed by atoms with van der Waals surface area (Å²) in [5, 5.41) is 13.6. The van der Waals surface area contributed by atoms with Crippen LogP contribution < -0.4 is 0 Å². The number of aromatic nitrogens is 1. The molecule has 0 aliphatic carbocycles. The van der Waals surface area contributed by atoms with Gasteiger partial charge in [0.05, 0.1) is 26.3 Å². The molecule has 0 aliphatic heterocycles. The molecule has 1 heterocycles. The Labute approximate surface area is 181 Å². The minimum absolute atomic E-state index is 0.459. The Bertz CT molecular complexity index is 1210. The van der Waals surface area contributed by atoms with Gasteiger partial charge in [0.15, 0.2) is 0 Å². The molecule has 0 fully saturated rings. The van der Waals surface area contributed by atoms with Crippen molar-refractivity contribution in [3.05, 3.63) is 86.7 Å². The van der Waals surface area contributed by atoms with Crippen molar-refractivity contribution in [3.63, 3.8) is 0 Å². The van der Waals surface area contributed by atoms with Gasteiger partial charge in [-0.25, -0.2) is 4.98 Å². The second-order valence-corrected chi connectivity index (χ2v) is 8.13. The van der Waals surface area contributed by atoms with E-state index in [-0.39, 0.29) is 0 Å². The largest absolute Gasteiger partial charge is 0.236 e. The van der Waals surface area contributed by atoms with E-state index in [1.807, 2.05) is 47.8 Å². The van der Waals surface area contributed by atoms with Crippen LogP contribution in [0.4, 0.5) is 0 Å². The molecule has 4 aromatic rings. The fourth-order valence-corrected chi connectivity index (χ4v) is 4.08. The van der Waals surface area contributed by atoms with Crippen molar-refractivity contribution in [2.75, 3.05) is 0 Å². The first-order valence-corrected chi connectivity index (χ1v) is 10.3. The molecule has 2 nitrogen and oxygen atoms in total. The smallest absolute Gasteiger partial charge is 0.124 e. The lowest BCUT2D eigenvalue weighted by Gasteiger charge is -2.05. The minimum atomic E-state index is 0.459. The van der Waals surface area contributed by atoms with Crippen molar-refractivity contribution in [2.24, 2.45) is 0 Å². The second-order valence-electron chi connectivity index (χ2n) is 6.05. The maximum atomic E-state index is 9.15. The van der Waals surface area contributed by atoms with Gasteiger partial charge in [-0.1, -0.05) is 71.2 Å². The summed E-state index contributed by atoms with van der Waals surface area (Å²) in [7, 11) is 0. The molecule has 0 N–H and O–H groups in total. The Kier molecular flexibility index (Phi) is 5.39. The second kappa shape index (κ2) is 7.95. The first-order valence-electron chi connectivity index (χ1n) is 8.26. The van der Waals surface area contributed by atoms with Crippen LogP contribution in [-0.4, -0.2) is 4.98 Å². The normalized spacial score (nSPS) is 10.6. The van der Waals surface area contributed by atoms with Crippen LogP contribution >= 0.6 is 46.1 Å². The molecule has 6 heteroatoms. The highest BCUT2D eigenvalue weighted by atomic mass is 35.5. The average molecular weight is 442 g/mol.